The first-order valence-corrected chi connectivity index (χ1v) is 6.72. The third-order valence-corrected chi connectivity index (χ3v) is 3.41. The molecule has 5 nitrogen and oxygen atoms in total. The number of aromatic nitrogens is 3. The van der Waals surface area contributed by atoms with Crippen molar-refractivity contribution in [1.29, 1.82) is 0 Å². The molecule has 5 heteroatoms. The molecule has 0 amide bonds. The minimum absolute atomic E-state index is 0.441. The highest BCUT2D eigenvalue weighted by atomic mass is 16.5. The molecule has 1 aliphatic rings. The quantitative estimate of drug-likeness (QED) is 0.857. The van der Waals surface area contributed by atoms with Gasteiger partial charge in [0.25, 0.3) is 0 Å². The van der Waals surface area contributed by atoms with Gasteiger partial charge in [0.2, 0.25) is 0 Å². The first-order valence-electron chi connectivity index (χ1n) is 6.72. The lowest BCUT2D eigenvalue weighted by Gasteiger charge is -2.09. The van der Waals surface area contributed by atoms with Crippen LogP contribution >= 0.6 is 0 Å². The predicted octanol–water partition coefficient (Wildman–Crippen LogP) is 2.17. The largest absolute Gasteiger partial charge is 0.486 e. The van der Waals surface area contributed by atoms with Crippen LogP contribution < -0.4 is 10.5 Å². The summed E-state index contributed by atoms with van der Waals surface area (Å²) in [5.74, 6) is 2.76. The Morgan fingerprint density at radius 1 is 1.21 bits per heavy atom. The molecule has 0 aliphatic carbocycles. The van der Waals surface area contributed by atoms with Gasteiger partial charge in [-0.3, -0.25) is 0 Å². The number of benzene rings is 1. The van der Waals surface area contributed by atoms with Crippen LogP contribution in [0.25, 0.3) is 0 Å². The maximum atomic E-state index is 5.73. The minimum Gasteiger partial charge on any atom is -0.486 e. The Balaban J connectivity index is 1.72. The Morgan fingerprint density at radius 2 is 2.16 bits per heavy atom. The second kappa shape index (κ2) is 5.30. The molecule has 0 saturated carbocycles. The van der Waals surface area contributed by atoms with Gasteiger partial charge in [0.1, 0.15) is 18.2 Å². The highest BCUT2D eigenvalue weighted by Crippen LogP contribution is 2.18. The van der Waals surface area contributed by atoms with Crippen molar-refractivity contribution in [3.63, 3.8) is 0 Å². The highest BCUT2D eigenvalue weighted by molar-refractivity contribution is 5.43. The Labute approximate surface area is 112 Å². The minimum atomic E-state index is 0.441. The molecular formula is C14H18N4O. The molecule has 0 fully saturated rings. The fourth-order valence-corrected chi connectivity index (χ4v) is 2.40. The van der Waals surface area contributed by atoms with E-state index in [9.17, 15) is 0 Å². The van der Waals surface area contributed by atoms with Gasteiger partial charge in [0, 0.05) is 24.7 Å². The van der Waals surface area contributed by atoms with E-state index in [4.69, 9.17) is 10.5 Å². The molecule has 0 unspecified atom stereocenters. The Kier molecular flexibility index (Phi) is 3.35. The van der Waals surface area contributed by atoms with Crippen molar-refractivity contribution in [1.82, 2.24) is 14.8 Å². The van der Waals surface area contributed by atoms with Crippen LogP contribution in [-0.2, 0) is 19.6 Å². The fourth-order valence-electron chi connectivity index (χ4n) is 2.40. The summed E-state index contributed by atoms with van der Waals surface area (Å²) in [5, 5.41) is 8.49. The summed E-state index contributed by atoms with van der Waals surface area (Å²) in [6.45, 7) is 1.44. The van der Waals surface area contributed by atoms with Crippen molar-refractivity contribution in [2.45, 2.75) is 38.8 Å². The molecule has 0 radical (unpaired) electrons. The average molecular weight is 258 g/mol. The van der Waals surface area contributed by atoms with Crippen LogP contribution in [0.5, 0.6) is 5.75 Å². The fraction of sp³-hybridized carbons (Fsp3) is 0.429. The van der Waals surface area contributed by atoms with E-state index in [0.29, 0.717) is 12.3 Å². The molecule has 100 valence electrons. The maximum absolute atomic E-state index is 5.73. The zero-order valence-electron chi connectivity index (χ0n) is 10.9. The molecule has 1 aromatic heterocycles. The van der Waals surface area contributed by atoms with E-state index in [2.05, 4.69) is 14.8 Å². The van der Waals surface area contributed by atoms with Crippen molar-refractivity contribution >= 4 is 5.69 Å². The number of nitrogens with zero attached hydrogens (tertiary/aromatic N) is 3. The van der Waals surface area contributed by atoms with Gasteiger partial charge in [-0.25, -0.2) is 0 Å². The number of nitrogens with two attached hydrogens (primary N) is 1. The van der Waals surface area contributed by atoms with Gasteiger partial charge in [0.15, 0.2) is 5.82 Å². The molecule has 2 aromatic rings. The van der Waals surface area contributed by atoms with E-state index in [-0.39, 0.29) is 0 Å². The lowest BCUT2D eigenvalue weighted by Crippen LogP contribution is -2.08. The van der Waals surface area contributed by atoms with Crippen LogP contribution in [-0.4, -0.2) is 14.8 Å². The molecule has 0 saturated heterocycles. The molecule has 3 rings (SSSR count). The van der Waals surface area contributed by atoms with Gasteiger partial charge >= 0.3 is 0 Å². The topological polar surface area (TPSA) is 66.0 Å². The van der Waals surface area contributed by atoms with Gasteiger partial charge in [-0.2, -0.15) is 0 Å². The summed E-state index contributed by atoms with van der Waals surface area (Å²) in [6.07, 6.45) is 4.68. The number of hydrogen-bond donors (Lipinski definition) is 1. The van der Waals surface area contributed by atoms with Crippen LogP contribution in [0, 0.1) is 0 Å². The monoisotopic (exact) mass is 258 g/mol. The van der Waals surface area contributed by atoms with Crippen LogP contribution in [0.2, 0.25) is 0 Å². The second-order valence-electron chi connectivity index (χ2n) is 4.86. The van der Waals surface area contributed by atoms with Crippen molar-refractivity contribution in [2.75, 3.05) is 5.73 Å². The number of fused-ring (bicyclic) bond motifs is 1. The van der Waals surface area contributed by atoms with Gasteiger partial charge in [-0.1, -0.05) is 12.5 Å². The number of hydrogen-bond acceptors (Lipinski definition) is 4. The van der Waals surface area contributed by atoms with Crippen molar-refractivity contribution in [3.05, 3.63) is 35.9 Å². The first kappa shape index (κ1) is 12.0. The first-order chi connectivity index (χ1) is 9.33. The Bertz CT molecular complexity index is 564. The molecule has 2 heterocycles. The molecule has 0 spiro atoms. The third kappa shape index (κ3) is 2.70. The summed E-state index contributed by atoms with van der Waals surface area (Å²) >= 11 is 0. The van der Waals surface area contributed by atoms with Crippen molar-refractivity contribution in [2.24, 2.45) is 0 Å². The molecule has 2 N–H and O–H groups in total. The van der Waals surface area contributed by atoms with Crippen molar-refractivity contribution in [3.8, 4) is 5.75 Å². The summed E-state index contributed by atoms with van der Waals surface area (Å²) < 4.78 is 7.93. The number of ether oxygens (including phenoxy) is 1. The van der Waals surface area contributed by atoms with E-state index in [1.54, 1.807) is 0 Å². The van der Waals surface area contributed by atoms with Crippen LogP contribution in [0.1, 0.15) is 30.9 Å². The molecular weight excluding hydrogens is 240 g/mol. The van der Waals surface area contributed by atoms with E-state index in [0.717, 1.165) is 30.4 Å². The summed E-state index contributed by atoms with van der Waals surface area (Å²) in [6, 6.07) is 7.45. The van der Waals surface area contributed by atoms with E-state index >= 15 is 0 Å². The predicted molar refractivity (Wildman–Crippen MR) is 72.8 cm³/mol. The SMILES string of the molecule is Nc1cccc(OCc2nnc3n2CCCCC3)c1. The summed E-state index contributed by atoms with van der Waals surface area (Å²) in [4.78, 5) is 0. The zero-order chi connectivity index (χ0) is 13.1. The van der Waals surface area contributed by atoms with Crippen molar-refractivity contribution < 1.29 is 4.74 Å². The number of anilines is 1. The normalized spacial score (nSPS) is 14.7. The molecule has 19 heavy (non-hydrogen) atoms. The summed E-state index contributed by atoms with van der Waals surface area (Å²) in [5.41, 5.74) is 6.43. The smallest absolute Gasteiger partial charge is 0.171 e. The number of nitrogen functional groups attached to an aromatic ring is 1. The molecule has 1 aliphatic heterocycles. The van der Waals surface area contributed by atoms with Gasteiger partial charge in [0.05, 0.1) is 0 Å². The van der Waals surface area contributed by atoms with E-state index in [1.807, 2.05) is 24.3 Å². The maximum Gasteiger partial charge on any atom is 0.171 e. The van der Waals surface area contributed by atoms with Crippen LogP contribution in [0.3, 0.4) is 0 Å². The van der Waals surface area contributed by atoms with Crippen LogP contribution in [0.4, 0.5) is 5.69 Å². The third-order valence-electron chi connectivity index (χ3n) is 3.41. The lowest BCUT2D eigenvalue weighted by atomic mass is 10.2. The van der Waals surface area contributed by atoms with Crippen LogP contribution in [0.15, 0.2) is 24.3 Å². The second-order valence-corrected chi connectivity index (χ2v) is 4.86. The molecule has 1 aromatic carbocycles. The zero-order valence-corrected chi connectivity index (χ0v) is 10.9. The molecule has 0 bridgehead atoms. The Hall–Kier alpha value is -2.04. The lowest BCUT2D eigenvalue weighted by molar-refractivity contribution is 0.288. The number of aryl methyl sites for hydroxylation is 1. The van der Waals surface area contributed by atoms with Gasteiger partial charge in [-0.05, 0) is 25.0 Å². The average Bonchev–Trinajstić information content (AvgIpc) is 2.64. The summed E-state index contributed by atoms with van der Waals surface area (Å²) in [7, 11) is 0. The Morgan fingerprint density at radius 3 is 3.05 bits per heavy atom. The van der Waals surface area contributed by atoms with E-state index in [1.165, 1.54) is 19.3 Å². The van der Waals surface area contributed by atoms with E-state index < -0.39 is 0 Å². The molecule has 0 atom stereocenters. The van der Waals surface area contributed by atoms with Gasteiger partial charge in [-0.15, -0.1) is 10.2 Å². The van der Waals surface area contributed by atoms with Gasteiger partial charge < -0.3 is 15.0 Å². The highest BCUT2D eigenvalue weighted by Gasteiger charge is 2.14. The number of rotatable bonds is 3. The standard InChI is InChI=1S/C14H18N4O/c15-11-5-4-6-12(9-11)19-10-14-17-16-13-7-2-1-3-8-18(13)14/h4-6,9H,1-3,7-8,10,15H2.